The van der Waals surface area contributed by atoms with Crippen LogP contribution >= 0.6 is 11.3 Å². The fraction of sp³-hybridized carbons (Fsp3) is 0.476. The highest BCUT2D eigenvalue weighted by Gasteiger charge is 2.29. The Morgan fingerprint density at radius 2 is 2.15 bits per heavy atom. The maximum absolute atomic E-state index is 9.41. The van der Waals surface area contributed by atoms with E-state index in [0.717, 1.165) is 47.7 Å². The molecule has 1 fully saturated rings. The SMILES string of the molecule is OCCC1CCCC1Nc1nc(-c2cccnc2)nc2sc3c(c12)CCC3. The van der Waals surface area contributed by atoms with Crippen LogP contribution in [0.1, 0.15) is 42.5 Å². The second-order valence-corrected chi connectivity index (χ2v) is 8.71. The van der Waals surface area contributed by atoms with E-state index in [2.05, 4.69) is 10.3 Å². The monoisotopic (exact) mass is 380 g/mol. The zero-order valence-corrected chi connectivity index (χ0v) is 16.1. The third-order valence-corrected chi connectivity index (χ3v) is 7.15. The molecule has 2 unspecified atom stereocenters. The molecule has 6 heteroatoms. The van der Waals surface area contributed by atoms with Crippen LogP contribution in [0.25, 0.3) is 21.6 Å². The van der Waals surface area contributed by atoms with Crippen molar-refractivity contribution >= 4 is 27.4 Å². The average Bonchev–Trinajstić information content (AvgIpc) is 3.39. The molecule has 2 aliphatic carbocycles. The zero-order valence-electron chi connectivity index (χ0n) is 15.3. The summed E-state index contributed by atoms with van der Waals surface area (Å²) in [4.78, 5) is 16.6. The summed E-state index contributed by atoms with van der Waals surface area (Å²) in [5, 5.41) is 14.4. The molecule has 0 amide bonds. The summed E-state index contributed by atoms with van der Waals surface area (Å²) in [5.41, 5.74) is 2.40. The van der Waals surface area contributed by atoms with Gasteiger partial charge < -0.3 is 10.4 Å². The minimum absolute atomic E-state index is 0.261. The van der Waals surface area contributed by atoms with Gasteiger partial charge in [-0.2, -0.15) is 0 Å². The second-order valence-electron chi connectivity index (χ2n) is 7.63. The normalized spacial score (nSPS) is 21.7. The fourth-order valence-corrected chi connectivity index (χ4v) is 5.90. The lowest BCUT2D eigenvalue weighted by atomic mass is 10.00. The Hall–Kier alpha value is -2.05. The molecule has 2 atom stereocenters. The Morgan fingerprint density at radius 3 is 3.00 bits per heavy atom. The van der Waals surface area contributed by atoms with Gasteiger partial charge >= 0.3 is 0 Å². The van der Waals surface area contributed by atoms with E-state index >= 15 is 0 Å². The largest absolute Gasteiger partial charge is 0.396 e. The van der Waals surface area contributed by atoms with Crippen LogP contribution in [-0.4, -0.2) is 32.7 Å². The number of nitrogens with zero attached hydrogens (tertiary/aromatic N) is 3. The summed E-state index contributed by atoms with van der Waals surface area (Å²) < 4.78 is 0. The maximum atomic E-state index is 9.41. The first-order valence-corrected chi connectivity index (χ1v) is 10.7. The second kappa shape index (κ2) is 7.17. The van der Waals surface area contributed by atoms with Crippen molar-refractivity contribution in [3.05, 3.63) is 35.0 Å². The highest BCUT2D eigenvalue weighted by atomic mass is 32.1. The summed E-state index contributed by atoms with van der Waals surface area (Å²) in [7, 11) is 0. The van der Waals surface area contributed by atoms with E-state index in [1.165, 1.54) is 35.1 Å². The zero-order chi connectivity index (χ0) is 18.2. The number of aliphatic hydroxyl groups excluding tert-OH is 1. The van der Waals surface area contributed by atoms with Crippen LogP contribution in [-0.2, 0) is 12.8 Å². The molecule has 5 rings (SSSR count). The molecule has 2 aliphatic rings. The van der Waals surface area contributed by atoms with Gasteiger partial charge in [0.15, 0.2) is 5.82 Å². The van der Waals surface area contributed by atoms with Crippen LogP contribution in [0.3, 0.4) is 0 Å². The molecule has 1 saturated carbocycles. The molecular weight excluding hydrogens is 356 g/mol. The number of anilines is 1. The highest BCUT2D eigenvalue weighted by molar-refractivity contribution is 7.19. The Labute approximate surface area is 162 Å². The van der Waals surface area contributed by atoms with Crippen molar-refractivity contribution in [3.8, 4) is 11.4 Å². The van der Waals surface area contributed by atoms with Crippen molar-refractivity contribution in [1.29, 1.82) is 0 Å². The quantitative estimate of drug-likeness (QED) is 0.694. The lowest BCUT2D eigenvalue weighted by Gasteiger charge is -2.22. The summed E-state index contributed by atoms with van der Waals surface area (Å²) in [6.07, 6.45) is 11.5. The Morgan fingerprint density at radius 1 is 1.19 bits per heavy atom. The first-order valence-electron chi connectivity index (χ1n) is 9.93. The number of rotatable bonds is 5. The van der Waals surface area contributed by atoms with Gasteiger partial charge in [0.25, 0.3) is 0 Å². The minimum Gasteiger partial charge on any atom is -0.396 e. The van der Waals surface area contributed by atoms with Gasteiger partial charge in [-0.05, 0) is 62.1 Å². The van der Waals surface area contributed by atoms with Gasteiger partial charge in [0.05, 0.1) is 5.39 Å². The Balaban J connectivity index is 1.60. The number of nitrogens with one attached hydrogen (secondary N) is 1. The molecule has 3 aromatic heterocycles. The molecule has 0 radical (unpaired) electrons. The summed E-state index contributed by atoms with van der Waals surface area (Å²) in [5.74, 6) is 2.25. The number of aliphatic hydroxyl groups is 1. The summed E-state index contributed by atoms with van der Waals surface area (Å²) >= 11 is 1.83. The molecule has 0 aliphatic heterocycles. The van der Waals surface area contributed by atoms with Gasteiger partial charge in [0, 0.05) is 35.5 Å². The molecule has 3 aromatic rings. The number of pyridine rings is 1. The molecular formula is C21H24N4OS. The number of aromatic nitrogens is 3. The molecule has 27 heavy (non-hydrogen) atoms. The minimum atomic E-state index is 0.261. The number of hydrogen-bond acceptors (Lipinski definition) is 6. The Kier molecular flexibility index (Phi) is 4.53. The van der Waals surface area contributed by atoms with Gasteiger partial charge in [-0.15, -0.1) is 11.3 Å². The predicted octanol–water partition coefficient (Wildman–Crippen LogP) is 4.21. The van der Waals surface area contributed by atoms with Gasteiger partial charge in [-0.25, -0.2) is 9.97 Å². The number of aryl methyl sites for hydroxylation is 2. The van der Waals surface area contributed by atoms with E-state index in [9.17, 15) is 5.11 Å². The van der Waals surface area contributed by atoms with Gasteiger partial charge in [-0.3, -0.25) is 4.98 Å². The van der Waals surface area contributed by atoms with Gasteiger partial charge in [0.1, 0.15) is 10.6 Å². The molecule has 140 valence electrons. The standard InChI is InChI=1S/C21H24N4OS/c26-11-9-13-4-1-7-16(13)23-20-18-15-6-2-8-17(15)27-21(18)25-19(24-20)14-5-3-10-22-12-14/h3,5,10,12-13,16,26H,1-2,4,6-9,11H2,(H,23,24,25). The third kappa shape index (κ3) is 3.11. The lowest BCUT2D eigenvalue weighted by molar-refractivity contribution is 0.254. The summed E-state index contributed by atoms with van der Waals surface area (Å²) in [6, 6.07) is 4.33. The van der Waals surface area contributed by atoms with E-state index in [1.54, 1.807) is 6.20 Å². The molecule has 0 saturated heterocycles. The highest BCUT2D eigenvalue weighted by Crippen LogP contribution is 2.41. The molecule has 0 spiro atoms. The first-order chi connectivity index (χ1) is 13.3. The molecule has 5 nitrogen and oxygen atoms in total. The van der Waals surface area contributed by atoms with Crippen LogP contribution in [0.4, 0.5) is 5.82 Å². The molecule has 3 heterocycles. The van der Waals surface area contributed by atoms with Crippen LogP contribution in [0.2, 0.25) is 0 Å². The predicted molar refractivity (Wildman–Crippen MR) is 109 cm³/mol. The van der Waals surface area contributed by atoms with Crippen LogP contribution in [0, 0.1) is 5.92 Å². The van der Waals surface area contributed by atoms with Crippen molar-refractivity contribution in [2.75, 3.05) is 11.9 Å². The molecule has 0 bridgehead atoms. The topological polar surface area (TPSA) is 70.9 Å². The maximum Gasteiger partial charge on any atom is 0.164 e. The smallest absolute Gasteiger partial charge is 0.164 e. The van der Waals surface area contributed by atoms with Crippen LogP contribution < -0.4 is 5.32 Å². The van der Waals surface area contributed by atoms with E-state index in [-0.39, 0.29) is 6.61 Å². The van der Waals surface area contributed by atoms with Crippen molar-refractivity contribution in [1.82, 2.24) is 15.0 Å². The van der Waals surface area contributed by atoms with Crippen molar-refractivity contribution in [3.63, 3.8) is 0 Å². The van der Waals surface area contributed by atoms with Crippen molar-refractivity contribution in [2.24, 2.45) is 5.92 Å². The van der Waals surface area contributed by atoms with Gasteiger partial charge in [0.2, 0.25) is 0 Å². The average molecular weight is 381 g/mol. The van der Waals surface area contributed by atoms with Crippen molar-refractivity contribution in [2.45, 2.75) is 51.0 Å². The molecule has 2 N–H and O–H groups in total. The Bertz CT molecular complexity index is 956. The van der Waals surface area contributed by atoms with Crippen LogP contribution in [0.15, 0.2) is 24.5 Å². The van der Waals surface area contributed by atoms with E-state index in [4.69, 9.17) is 9.97 Å². The van der Waals surface area contributed by atoms with Gasteiger partial charge in [-0.1, -0.05) is 6.42 Å². The van der Waals surface area contributed by atoms with E-state index in [0.29, 0.717) is 12.0 Å². The third-order valence-electron chi connectivity index (χ3n) is 5.97. The molecule has 0 aromatic carbocycles. The summed E-state index contributed by atoms with van der Waals surface area (Å²) in [6.45, 7) is 0.261. The lowest BCUT2D eigenvalue weighted by Crippen LogP contribution is -2.25. The number of hydrogen-bond donors (Lipinski definition) is 2. The number of thiophene rings is 1. The van der Waals surface area contributed by atoms with Crippen LogP contribution in [0.5, 0.6) is 0 Å². The fourth-order valence-electron chi connectivity index (χ4n) is 4.64. The van der Waals surface area contributed by atoms with E-state index < -0.39 is 0 Å². The first kappa shape index (κ1) is 17.1. The van der Waals surface area contributed by atoms with E-state index in [1.807, 2.05) is 29.7 Å². The number of fused-ring (bicyclic) bond motifs is 3. The van der Waals surface area contributed by atoms with Crippen molar-refractivity contribution < 1.29 is 5.11 Å².